The first-order valence-corrected chi connectivity index (χ1v) is 11.5. The number of amides is 1. The highest BCUT2D eigenvalue weighted by atomic mass is 35.5. The Morgan fingerprint density at radius 1 is 1.15 bits per heavy atom. The summed E-state index contributed by atoms with van der Waals surface area (Å²) in [6.45, 7) is 0.663. The summed E-state index contributed by atoms with van der Waals surface area (Å²) >= 11 is 6.21. The Balaban J connectivity index is 1.51. The first-order chi connectivity index (χ1) is 12.7. The van der Waals surface area contributed by atoms with E-state index in [4.69, 9.17) is 11.6 Å². The molecule has 5 rings (SSSR count). The average molecular weight is 411 g/mol. The molecule has 4 bridgehead atoms. The smallest absolute Gasteiger partial charge is 0.252 e. The van der Waals surface area contributed by atoms with E-state index in [0.29, 0.717) is 6.54 Å². The van der Waals surface area contributed by atoms with Crippen molar-refractivity contribution in [1.82, 2.24) is 9.62 Å². The lowest BCUT2D eigenvalue weighted by atomic mass is 9.49. The van der Waals surface area contributed by atoms with Crippen LogP contribution in [0.5, 0.6) is 0 Å². The molecule has 0 heterocycles. The number of halogens is 1. The summed E-state index contributed by atoms with van der Waals surface area (Å²) in [4.78, 5) is 12.9. The Kier molecular flexibility index (Phi) is 4.80. The summed E-state index contributed by atoms with van der Waals surface area (Å²) < 4.78 is 25.8. The SMILES string of the molecule is CN(C)S(=O)(=O)c1ccc(Cl)c(C(=O)NCC23CC4CC(CC(C4)C2)C3)c1. The topological polar surface area (TPSA) is 66.5 Å². The van der Waals surface area contributed by atoms with Crippen molar-refractivity contribution in [2.75, 3.05) is 20.6 Å². The predicted octanol–water partition coefficient (Wildman–Crippen LogP) is 3.54. The molecule has 0 aliphatic heterocycles. The quantitative estimate of drug-likeness (QED) is 0.807. The minimum absolute atomic E-state index is 0.0804. The summed E-state index contributed by atoms with van der Waals surface area (Å²) in [5, 5.41) is 3.35. The van der Waals surface area contributed by atoms with Crippen molar-refractivity contribution in [2.24, 2.45) is 23.2 Å². The molecule has 4 aliphatic carbocycles. The van der Waals surface area contributed by atoms with Gasteiger partial charge in [-0.3, -0.25) is 4.79 Å². The van der Waals surface area contributed by atoms with E-state index in [2.05, 4.69) is 5.32 Å². The molecule has 1 aromatic carbocycles. The van der Waals surface area contributed by atoms with Crippen molar-refractivity contribution >= 4 is 27.5 Å². The molecule has 0 spiro atoms. The molecule has 148 valence electrons. The Hall–Kier alpha value is -1.11. The Labute approximate surface area is 166 Å². The third kappa shape index (κ3) is 3.52. The van der Waals surface area contributed by atoms with E-state index in [1.807, 2.05) is 0 Å². The first kappa shape index (κ1) is 19.2. The monoisotopic (exact) mass is 410 g/mol. The highest BCUT2D eigenvalue weighted by Gasteiger charge is 2.50. The number of carbonyl (C=O) groups is 1. The third-order valence-electron chi connectivity index (χ3n) is 6.75. The number of hydrogen-bond acceptors (Lipinski definition) is 3. The van der Waals surface area contributed by atoms with Crippen molar-refractivity contribution in [3.05, 3.63) is 28.8 Å². The van der Waals surface area contributed by atoms with Gasteiger partial charge in [-0.15, -0.1) is 0 Å². The summed E-state index contributed by atoms with van der Waals surface area (Å²) in [5.74, 6) is 2.19. The van der Waals surface area contributed by atoms with Gasteiger partial charge in [-0.05, 0) is 79.9 Å². The van der Waals surface area contributed by atoms with Crippen LogP contribution in [0.4, 0.5) is 0 Å². The molecule has 4 aliphatic rings. The van der Waals surface area contributed by atoms with Gasteiger partial charge >= 0.3 is 0 Å². The van der Waals surface area contributed by atoms with Gasteiger partial charge in [0, 0.05) is 20.6 Å². The first-order valence-electron chi connectivity index (χ1n) is 9.69. The molecule has 1 aromatic rings. The van der Waals surface area contributed by atoms with Gasteiger partial charge in [0.25, 0.3) is 5.91 Å². The van der Waals surface area contributed by atoms with Gasteiger partial charge in [0.15, 0.2) is 0 Å². The molecule has 0 unspecified atom stereocenters. The number of nitrogens with one attached hydrogen (secondary N) is 1. The minimum Gasteiger partial charge on any atom is -0.351 e. The lowest BCUT2D eigenvalue weighted by molar-refractivity contribution is -0.0503. The number of hydrogen-bond donors (Lipinski definition) is 1. The van der Waals surface area contributed by atoms with Crippen molar-refractivity contribution in [3.8, 4) is 0 Å². The average Bonchev–Trinajstić information content (AvgIpc) is 2.58. The van der Waals surface area contributed by atoms with Gasteiger partial charge in [-0.25, -0.2) is 12.7 Å². The Morgan fingerprint density at radius 3 is 2.22 bits per heavy atom. The number of nitrogens with zero attached hydrogens (tertiary/aromatic N) is 1. The van der Waals surface area contributed by atoms with E-state index in [1.165, 1.54) is 70.8 Å². The standard InChI is InChI=1S/C20H27ClN2O3S/c1-23(2)27(25,26)16-3-4-18(21)17(8-16)19(24)22-12-20-9-13-5-14(10-20)7-15(6-13)11-20/h3-4,8,13-15H,5-7,9-12H2,1-2H3,(H,22,24). The summed E-state index contributed by atoms with van der Waals surface area (Å²) in [7, 11) is -0.669. The fourth-order valence-corrected chi connectivity index (χ4v) is 7.05. The van der Waals surface area contributed by atoms with Gasteiger partial charge in [-0.2, -0.15) is 0 Å². The summed E-state index contributed by atoms with van der Waals surface area (Å²) in [5.41, 5.74) is 0.453. The van der Waals surface area contributed by atoms with E-state index < -0.39 is 10.0 Å². The number of carbonyl (C=O) groups excluding carboxylic acids is 1. The second kappa shape index (κ2) is 6.75. The van der Waals surface area contributed by atoms with Crippen LogP contribution in [-0.4, -0.2) is 39.3 Å². The maximum Gasteiger partial charge on any atom is 0.252 e. The number of benzene rings is 1. The molecule has 27 heavy (non-hydrogen) atoms. The molecule has 0 saturated heterocycles. The second-order valence-electron chi connectivity index (χ2n) is 9.03. The second-order valence-corrected chi connectivity index (χ2v) is 11.6. The van der Waals surface area contributed by atoms with E-state index in [0.717, 1.165) is 22.1 Å². The van der Waals surface area contributed by atoms with Crippen molar-refractivity contribution < 1.29 is 13.2 Å². The van der Waals surface area contributed by atoms with E-state index in [9.17, 15) is 13.2 Å². The lowest BCUT2D eigenvalue weighted by Crippen LogP contribution is -2.51. The Bertz CT molecular complexity index is 831. The van der Waals surface area contributed by atoms with Crippen LogP contribution < -0.4 is 5.32 Å². The molecule has 0 atom stereocenters. The molecule has 1 amide bonds. The molecule has 5 nitrogen and oxygen atoms in total. The van der Waals surface area contributed by atoms with Crippen LogP contribution in [-0.2, 0) is 10.0 Å². The molecule has 0 radical (unpaired) electrons. The van der Waals surface area contributed by atoms with Gasteiger partial charge < -0.3 is 5.32 Å². The van der Waals surface area contributed by atoms with Gasteiger partial charge in [0.05, 0.1) is 15.5 Å². The lowest BCUT2D eigenvalue weighted by Gasteiger charge is -2.56. The predicted molar refractivity (Wildman–Crippen MR) is 105 cm³/mol. The van der Waals surface area contributed by atoms with Gasteiger partial charge in [-0.1, -0.05) is 11.6 Å². The molecule has 0 aromatic heterocycles. The summed E-state index contributed by atoms with van der Waals surface area (Å²) in [6, 6.07) is 4.30. The zero-order chi connectivity index (χ0) is 19.4. The number of sulfonamides is 1. The molecule has 4 fully saturated rings. The molecular formula is C20H27ClN2O3S. The van der Waals surface area contributed by atoms with Crippen LogP contribution in [0.25, 0.3) is 0 Å². The zero-order valence-corrected chi connectivity index (χ0v) is 17.4. The van der Waals surface area contributed by atoms with Gasteiger partial charge in [0.1, 0.15) is 0 Å². The highest BCUT2D eigenvalue weighted by molar-refractivity contribution is 7.89. The van der Waals surface area contributed by atoms with Crippen LogP contribution in [0.1, 0.15) is 48.9 Å². The van der Waals surface area contributed by atoms with Crippen LogP contribution >= 0.6 is 11.6 Å². The van der Waals surface area contributed by atoms with Crippen LogP contribution in [0.3, 0.4) is 0 Å². The van der Waals surface area contributed by atoms with Crippen molar-refractivity contribution in [3.63, 3.8) is 0 Å². The zero-order valence-electron chi connectivity index (χ0n) is 15.9. The molecule has 4 saturated carbocycles. The van der Waals surface area contributed by atoms with E-state index >= 15 is 0 Å². The molecule has 1 N–H and O–H groups in total. The fourth-order valence-electron chi connectivity index (χ4n) is 5.92. The number of rotatable bonds is 5. The third-order valence-corrected chi connectivity index (χ3v) is 8.89. The van der Waals surface area contributed by atoms with Gasteiger partial charge in [0.2, 0.25) is 10.0 Å². The Morgan fingerprint density at radius 2 is 1.70 bits per heavy atom. The highest BCUT2D eigenvalue weighted by Crippen LogP contribution is 2.59. The van der Waals surface area contributed by atoms with Crippen LogP contribution in [0.15, 0.2) is 23.1 Å². The largest absolute Gasteiger partial charge is 0.351 e. The van der Waals surface area contributed by atoms with Crippen LogP contribution in [0, 0.1) is 23.2 Å². The maximum atomic E-state index is 12.8. The minimum atomic E-state index is -3.61. The normalized spacial score (nSPS) is 32.1. The maximum absolute atomic E-state index is 12.8. The van der Waals surface area contributed by atoms with Crippen LogP contribution in [0.2, 0.25) is 5.02 Å². The fraction of sp³-hybridized carbons (Fsp3) is 0.650. The van der Waals surface area contributed by atoms with E-state index in [-0.39, 0.29) is 26.8 Å². The summed E-state index contributed by atoms with van der Waals surface area (Å²) in [6.07, 6.45) is 7.72. The molecule has 7 heteroatoms. The van der Waals surface area contributed by atoms with Crippen molar-refractivity contribution in [2.45, 2.75) is 43.4 Å². The van der Waals surface area contributed by atoms with Crippen molar-refractivity contribution in [1.29, 1.82) is 0 Å². The van der Waals surface area contributed by atoms with E-state index in [1.54, 1.807) is 0 Å². The molecular weight excluding hydrogens is 384 g/mol.